The van der Waals surface area contributed by atoms with Gasteiger partial charge < -0.3 is 9.42 Å². The van der Waals surface area contributed by atoms with Crippen molar-refractivity contribution < 1.29 is 17.7 Å². The Morgan fingerprint density at radius 1 is 0.971 bits per heavy atom. The van der Waals surface area contributed by atoms with Crippen molar-refractivity contribution in [2.75, 3.05) is 39.3 Å². The molecular formula is C25H30N4O4S. The molecule has 0 saturated carbocycles. The zero-order chi connectivity index (χ0) is 23.7. The zero-order valence-corrected chi connectivity index (χ0v) is 20.2. The lowest BCUT2D eigenvalue weighted by molar-refractivity contribution is -0.138. The molecule has 0 spiro atoms. The largest absolute Gasteiger partial charge is 0.361 e. The molecule has 5 rings (SSSR count). The van der Waals surface area contributed by atoms with Gasteiger partial charge in [0.2, 0.25) is 15.9 Å². The van der Waals surface area contributed by atoms with E-state index in [4.69, 9.17) is 4.52 Å². The number of sulfonamides is 1. The fourth-order valence-corrected chi connectivity index (χ4v) is 6.43. The third kappa shape index (κ3) is 4.73. The number of rotatable bonds is 5. The number of fused-ring (bicyclic) bond motifs is 1. The van der Waals surface area contributed by atoms with E-state index in [0.29, 0.717) is 43.9 Å². The summed E-state index contributed by atoms with van der Waals surface area (Å²) in [5, 5.41) is 5.97. The fraction of sp³-hybridized carbons (Fsp3) is 0.440. The van der Waals surface area contributed by atoms with Gasteiger partial charge in [0, 0.05) is 57.8 Å². The van der Waals surface area contributed by atoms with E-state index >= 15 is 0 Å². The van der Waals surface area contributed by atoms with Crippen molar-refractivity contribution in [2.45, 2.75) is 31.2 Å². The number of amides is 1. The summed E-state index contributed by atoms with van der Waals surface area (Å²) >= 11 is 0. The Hall–Kier alpha value is -2.75. The monoisotopic (exact) mass is 482 g/mol. The number of benzene rings is 2. The molecule has 0 bridgehead atoms. The van der Waals surface area contributed by atoms with Gasteiger partial charge in [-0.2, -0.15) is 4.31 Å². The molecule has 34 heavy (non-hydrogen) atoms. The first kappa shape index (κ1) is 23.0. The van der Waals surface area contributed by atoms with Gasteiger partial charge in [-0.3, -0.25) is 9.69 Å². The van der Waals surface area contributed by atoms with Crippen LogP contribution in [0.25, 0.3) is 10.8 Å². The molecule has 0 N–H and O–H groups in total. The molecule has 1 aromatic heterocycles. The van der Waals surface area contributed by atoms with Gasteiger partial charge in [0.15, 0.2) is 0 Å². The van der Waals surface area contributed by atoms with Crippen molar-refractivity contribution in [3.8, 4) is 0 Å². The highest BCUT2D eigenvalue weighted by Gasteiger charge is 2.34. The van der Waals surface area contributed by atoms with Crippen molar-refractivity contribution in [3.63, 3.8) is 0 Å². The van der Waals surface area contributed by atoms with E-state index in [0.717, 1.165) is 41.9 Å². The van der Waals surface area contributed by atoms with E-state index in [9.17, 15) is 13.2 Å². The van der Waals surface area contributed by atoms with Gasteiger partial charge in [0.25, 0.3) is 0 Å². The Kier molecular flexibility index (Phi) is 6.42. The Balaban J connectivity index is 1.15. The number of hydrogen-bond acceptors (Lipinski definition) is 6. The van der Waals surface area contributed by atoms with Gasteiger partial charge in [-0.15, -0.1) is 0 Å². The molecule has 9 heteroatoms. The van der Waals surface area contributed by atoms with E-state index in [1.807, 2.05) is 48.2 Å². The highest BCUT2D eigenvalue weighted by Crippen LogP contribution is 2.27. The second kappa shape index (κ2) is 9.48. The van der Waals surface area contributed by atoms with Crippen LogP contribution in [-0.4, -0.2) is 72.9 Å². The quantitative estimate of drug-likeness (QED) is 0.556. The van der Waals surface area contributed by atoms with Crippen LogP contribution in [0.2, 0.25) is 0 Å². The maximum atomic E-state index is 13.2. The Morgan fingerprint density at radius 3 is 2.35 bits per heavy atom. The maximum absolute atomic E-state index is 13.2. The van der Waals surface area contributed by atoms with Gasteiger partial charge in [0.05, 0.1) is 10.6 Å². The van der Waals surface area contributed by atoms with Crippen LogP contribution in [0.4, 0.5) is 0 Å². The molecule has 2 aliphatic heterocycles. The smallest absolute Gasteiger partial charge is 0.243 e. The molecular weight excluding hydrogens is 452 g/mol. The average Bonchev–Trinajstić information content (AvgIpc) is 3.28. The maximum Gasteiger partial charge on any atom is 0.243 e. The number of hydrogen-bond donors (Lipinski definition) is 0. The highest BCUT2D eigenvalue weighted by atomic mass is 32.2. The van der Waals surface area contributed by atoms with Crippen molar-refractivity contribution in [1.82, 2.24) is 19.3 Å². The summed E-state index contributed by atoms with van der Waals surface area (Å²) in [5.41, 5.74) is 0.914. The first-order valence-corrected chi connectivity index (χ1v) is 13.3. The number of piperidine rings is 1. The lowest BCUT2D eigenvalue weighted by Crippen LogP contribution is -2.51. The van der Waals surface area contributed by atoms with Crippen LogP contribution >= 0.6 is 0 Å². The minimum absolute atomic E-state index is 0.118. The molecule has 2 aromatic carbocycles. The summed E-state index contributed by atoms with van der Waals surface area (Å²) in [6.45, 7) is 6.32. The normalized spacial score (nSPS) is 19.0. The summed E-state index contributed by atoms with van der Waals surface area (Å²) < 4.78 is 33.1. The second-order valence-corrected chi connectivity index (χ2v) is 11.2. The number of carbonyl (C=O) groups excluding carboxylic acids is 1. The molecule has 0 unspecified atom stereocenters. The van der Waals surface area contributed by atoms with E-state index in [1.54, 1.807) is 12.1 Å². The van der Waals surface area contributed by atoms with Gasteiger partial charge in [-0.05, 0) is 42.7 Å². The highest BCUT2D eigenvalue weighted by molar-refractivity contribution is 7.89. The van der Waals surface area contributed by atoms with E-state index in [-0.39, 0.29) is 11.8 Å². The molecule has 0 radical (unpaired) electrons. The predicted molar refractivity (Wildman–Crippen MR) is 129 cm³/mol. The number of aryl methyl sites for hydroxylation is 1. The van der Waals surface area contributed by atoms with Gasteiger partial charge in [0.1, 0.15) is 5.76 Å². The predicted octanol–water partition coefficient (Wildman–Crippen LogP) is 2.88. The fourth-order valence-electron chi connectivity index (χ4n) is 4.93. The Morgan fingerprint density at radius 2 is 1.68 bits per heavy atom. The summed E-state index contributed by atoms with van der Waals surface area (Å²) in [7, 11) is -3.57. The minimum atomic E-state index is -3.57. The number of carbonyl (C=O) groups is 1. The molecule has 2 saturated heterocycles. The van der Waals surface area contributed by atoms with Crippen LogP contribution in [0.15, 0.2) is 57.9 Å². The molecule has 3 aromatic rings. The lowest BCUT2D eigenvalue weighted by atomic mass is 9.96. The summed E-state index contributed by atoms with van der Waals surface area (Å²) in [4.78, 5) is 17.6. The topological polar surface area (TPSA) is 87.0 Å². The first-order valence-electron chi connectivity index (χ1n) is 11.8. The van der Waals surface area contributed by atoms with Crippen molar-refractivity contribution in [3.05, 3.63) is 60.0 Å². The zero-order valence-electron chi connectivity index (χ0n) is 19.4. The molecule has 1 amide bonds. The van der Waals surface area contributed by atoms with Crippen LogP contribution in [0.5, 0.6) is 0 Å². The standard InChI is InChI=1S/C25H30N4O4S/c1-19-16-23(26-33-19)18-27-12-14-28(15-13-27)25(30)21-8-10-29(11-9-21)34(31,32)24-7-6-20-4-2-3-5-22(20)17-24/h2-7,16-17,21H,8-15,18H2,1H3. The van der Waals surface area contributed by atoms with E-state index in [1.165, 1.54) is 4.31 Å². The van der Waals surface area contributed by atoms with Crippen LogP contribution < -0.4 is 0 Å². The van der Waals surface area contributed by atoms with Crippen molar-refractivity contribution in [2.24, 2.45) is 5.92 Å². The summed E-state index contributed by atoms with van der Waals surface area (Å²) in [6, 6.07) is 14.9. The van der Waals surface area contributed by atoms with Crippen molar-refractivity contribution in [1.29, 1.82) is 0 Å². The molecule has 8 nitrogen and oxygen atoms in total. The molecule has 3 heterocycles. The van der Waals surface area contributed by atoms with E-state index < -0.39 is 10.0 Å². The SMILES string of the molecule is Cc1cc(CN2CCN(C(=O)C3CCN(S(=O)(=O)c4ccc5ccccc5c4)CC3)CC2)no1. The third-order valence-electron chi connectivity index (χ3n) is 6.91. The number of piperazine rings is 1. The van der Waals surface area contributed by atoms with Crippen LogP contribution in [-0.2, 0) is 21.4 Å². The third-order valence-corrected chi connectivity index (χ3v) is 8.80. The summed E-state index contributed by atoms with van der Waals surface area (Å²) in [6.07, 6.45) is 1.12. The molecule has 2 fully saturated rings. The summed E-state index contributed by atoms with van der Waals surface area (Å²) in [5.74, 6) is 0.838. The van der Waals surface area contributed by atoms with Crippen molar-refractivity contribution >= 4 is 26.7 Å². The first-order chi connectivity index (χ1) is 16.4. The van der Waals surface area contributed by atoms with Gasteiger partial charge >= 0.3 is 0 Å². The minimum Gasteiger partial charge on any atom is -0.361 e. The van der Waals surface area contributed by atoms with Crippen LogP contribution in [0.1, 0.15) is 24.3 Å². The number of nitrogens with zero attached hydrogens (tertiary/aromatic N) is 4. The Labute approximate surface area is 200 Å². The second-order valence-electron chi connectivity index (χ2n) is 9.22. The number of aromatic nitrogens is 1. The molecule has 2 aliphatic rings. The average molecular weight is 483 g/mol. The van der Waals surface area contributed by atoms with E-state index in [2.05, 4.69) is 10.1 Å². The molecule has 0 aliphatic carbocycles. The van der Waals surface area contributed by atoms with Crippen LogP contribution in [0, 0.1) is 12.8 Å². The lowest BCUT2D eigenvalue weighted by Gasteiger charge is -2.38. The molecule has 180 valence electrons. The van der Waals surface area contributed by atoms with Crippen LogP contribution in [0.3, 0.4) is 0 Å². The van der Waals surface area contributed by atoms with Gasteiger partial charge in [-0.1, -0.05) is 35.5 Å². The van der Waals surface area contributed by atoms with Gasteiger partial charge in [-0.25, -0.2) is 8.42 Å². The Bertz CT molecular complexity index is 1270. The molecule has 0 atom stereocenters.